The van der Waals surface area contributed by atoms with Crippen LogP contribution >= 0.6 is 11.6 Å². The van der Waals surface area contributed by atoms with Gasteiger partial charge in [-0.15, -0.1) is 0 Å². The standard InChI is InChI=1S/C14H12ClF2NO/c1-19-11-3-5-13(17)14(7-11)18-8-9-6-10(16)2-4-12(9)15/h2-7,18H,8H2,1H3. The van der Waals surface area contributed by atoms with Crippen LogP contribution in [0, 0.1) is 11.6 Å². The number of anilines is 1. The predicted octanol–water partition coefficient (Wildman–Crippen LogP) is 4.24. The van der Waals surface area contributed by atoms with E-state index in [4.69, 9.17) is 16.3 Å². The highest BCUT2D eigenvalue weighted by atomic mass is 35.5. The zero-order valence-electron chi connectivity index (χ0n) is 10.2. The second kappa shape index (κ2) is 5.89. The molecule has 2 nitrogen and oxygen atoms in total. The van der Waals surface area contributed by atoms with Crippen molar-refractivity contribution < 1.29 is 13.5 Å². The lowest BCUT2D eigenvalue weighted by Crippen LogP contribution is -2.03. The first kappa shape index (κ1) is 13.6. The second-order valence-corrected chi connectivity index (χ2v) is 4.34. The van der Waals surface area contributed by atoms with Crippen LogP contribution in [-0.4, -0.2) is 7.11 Å². The highest BCUT2D eigenvalue weighted by Crippen LogP contribution is 2.23. The summed E-state index contributed by atoms with van der Waals surface area (Å²) in [5.74, 6) is -0.255. The van der Waals surface area contributed by atoms with Crippen LogP contribution in [0.5, 0.6) is 5.75 Å². The first-order valence-corrected chi connectivity index (χ1v) is 5.99. The summed E-state index contributed by atoms with van der Waals surface area (Å²) in [7, 11) is 1.50. The van der Waals surface area contributed by atoms with E-state index in [0.717, 1.165) is 0 Å². The number of ether oxygens (including phenoxy) is 1. The molecule has 0 spiro atoms. The molecule has 2 rings (SSSR count). The van der Waals surface area contributed by atoms with Crippen LogP contribution in [0.2, 0.25) is 5.02 Å². The normalized spacial score (nSPS) is 10.3. The van der Waals surface area contributed by atoms with Gasteiger partial charge in [-0.25, -0.2) is 8.78 Å². The summed E-state index contributed by atoms with van der Waals surface area (Å²) in [6.07, 6.45) is 0. The van der Waals surface area contributed by atoms with Crippen molar-refractivity contribution >= 4 is 17.3 Å². The molecule has 0 saturated carbocycles. The molecule has 1 N–H and O–H groups in total. The Labute approximate surface area is 115 Å². The van der Waals surface area contributed by atoms with Gasteiger partial charge in [0.25, 0.3) is 0 Å². The summed E-state index contributed by atoms with van der Waals surface area (Å²) in [6, 6.07) is 8.41. The van der Waals surface area contributed by atoms with E-state index in [-0.39, 0.29) is 18.0 Å². The third-order valence-electron chi connectivity index (χ3n) is 2.65. The summed E-state index contributed by atoms with van der Waals surface area (Å²) >= 11 is 5.94. The lowest BCUT2D eigenvalue weighted by molar-refractivity contribution is 0.414. The summed E-state index contributed by atoms with van der Waals surface area (Å²) in [6.45, 7) is 0.223. The molecule has 0 aliphatic carbocycles. The van der Waals surface area contributed by atoms with Gasteiger partial charge in [-0.05, 0) is 35.9 Å². The van der Waals surface area contributed by atoms with E-state index in [2.05, 4.69) is 5.32 Å². The van der Waals surface area contributed by atoms with Gasteiger partial charge < -0.3 is 10.1 Å². The third-order valence-corrected chi connectivity index (χ3v) is 3.02. The van der Waals surface area contributed by atoms with Crippen molar-refractivity contribution in [3.63, 3.8) is 0 Å². The van der Waals surface area contributed by atoms with Gasteiger partial charge in [-0.2, -0.15) is 0 Å². The van der Waals surface area contributed by atoms with Crippen molar-refractivity contribution in [1.82, 2.24) is 0 Å². The Morgan fingerprint density at radius 2 is 1.95 bits per heavy atom. The number of rotatable bonds is 4. The Morgan fingerprint density at radius 1 is 1.16 bits per heavy atom. The number of methoxy groups -OCH3 is 1. The Kier molecular flexibility index (Phi) is 4.22. The molecule has 5 heteroatoms. The molecule has 19 heavy (non-hydrogen) atoms. The predicted molar refractivity (Wildman–Crippen MR) is 71.7 cm³/mol. The molecule has 0 aliphatic heterocycles. The zero-order chi connectivity index (χ0) is 13.8. The zero-order valence-corrected chi connectivity index (χ0v) is 11.0. The largest absolute Gasteiger partial charge is 0.497 e. The molecule has 0 saturated heterocycles. The van der Waals surface area contributed by atoms with Gasteiger partial charge in [-0.1, -0.05) is 11.6 Å². The molecule has 0 atom stereocenters. The molecule has 0 heterocycles. The fourth-order valence-electron chi connectivity index (χ4n) is 1.64. The van der Waals surface area contributed by atoms with Gasteiger partial charge in [0.1, 0.15) is 17.4 Å². The van der Waals surface area contributed by atoms with Gasteiger partial charge in [0.05, 0.1) is 12.8 Å². The summed E-state index contributed by atoms with van der Waals surface area (Å²) in [5, 5.41) is 3.29. The molecule has 0 fully saturated rings. The molecule has 0 bridgehead atoms. The Hall–Kier alpha value is -1.81. The van der Waals surface area contributed by atoms with Gasteiger partial charge in [0.15, 0.2) is 0 Å². The Morgan fingerprint density at radius 3 is 2.68 bits per heavy atom. The maximum absolute atomic E-state index is 13.6. The highest BCUT2D eigenvalue weighted by Gasteiger charge is 2.06. The summed E-state index contributed by atoms with van der Waals surface area (Å²) in [4.78, 5) is 0. The average Bonchev–Trinajstić information content (AvgIpc) is 2.41. The van der Waals surface area contributed by atoms with Gasteiger partial charge in [0, 0.05) is 17.6 Å². The quantitative estimate of drug-likeness (QED) is 0.906. The Bertz CT molecular complexity index is 590. The molecule has 100 valence electrons. The number of hydrogen-bond donors (Lipinski definition) is 1. The molecule has 0 unspecified atom stereocenters. The van der Waals surface area contributed by atoms with E-state index < -0.39 is 5.82 Å². The van der Waals surface area contributed by atoms with Crippen LogP contribution in [-0.2, 0) is 6.54 Å². The number of nitrogens with one attached hydrogen (secondary N) is 1. The fourth-order valence-corrected chi connectivity index (χ4v) is 1.82. The minimum atomic E-state index is -0.409. The SMILES string of the molecule is COc1ccc(F)c(NCc2cc(F)ccc2Cl)c1. The minimum absolute atomic E-state index is 0.223. The van der Waals surface area contributed by atoms with E-state index in [0.29, 0.717) is 16.3 Å². The van der Waals surface area contributed by atoms with Crippen LogP contribution in [0.25, 0.3) is 0 Å². The van der Waals surface area contributed by atoms with Crippen LogP contribution in [0.4, 0.5) is 14.5 Å². The molecule has 0 aromatic heterocycles. The van der Waals surface area contributed by atoms with Crippen LogP contribution in [0.15, 0.2) is 36.4 Å². The van der Waals surface area contributed by atoms with Crippen molar-refractivity contribution in [3.05, 3.63) is 58.6 Å². The molecule has 0 aliphatic rings. The molecule has 0 amide bonds. The number of benzene rings is 2. The van der Waals surface area contributed by atoms with E-state index in [1.165, 1.54) is 43.5 Å². The lowest BCUT2D eigenvalue weighted by Gasteiger charge is -2.10. The van der Waals surface area contributed by atoms with E-state index in [1.807, 2.05) is 0 Å². The van der Waals surface area contributed by atoms with Crippen LogP contribution in [0.3, 0.4) is 0 Å². The smallest absolute Gasteiger partial charge is 0.146 e. The third kappa shape index (κ3) is 3.35. The molecule has 2 aromatic carbocycles. The van der Waals surface area contributed by atoms with Gasteiger partial charge >= 0.3 is 0 Å². The van der Waals surface area contributed by atoms with E-state index in [9.17, 15) is 8.78 Å². The monoisotopic (exact) mass is 283 g/mol. The van der Waals surface area contributed by atoms with Crippen molar-refractivity contribution in [2.24, 2.45) is 0 Å². The van der Waals surface area contributed by atoms with Crippen LogP contribution in [0.1, 0.15) is 5.56 Å². The topological polar surface area (TPSA) is 21.3 Å². The van der Waals surface area contributed by atoms with Crippen molar-refractivity contribution in [3.8, 4) is 5.75 Å². The molecule has 0 radical (unpaired) electrons. The minimum Gasteiger partial charge on any atom is -0.497 e. The van der Waals surface area contributed by atoms with Crippen molar-refractivity contribution in [2.75, 3.05) is 12.4 Å². The van der Waals surface area contributed by atoms with Gasteiger partial charge in [0.2, 0.25) is 0 Å². The summed E-state index contributed by atoms with van der Waals surface area (Å²) in [5.41, 5.74) is 0.837. The average molecular weight is 284 g/mol. The fraction of sp³-hybridized carbons (Fsp3) is 0.143. The second-order valence-electron chi connectivity index (χ2n) is 3.94. The molecule has 2 aromatic rings. The van der Waals surface area contributed by atoms with Crippen LogP contribution < -0.4 is 10.1 Å². The van der Waals surface area contributed by atoms with E-state index >= 15 is 0 Å². The number of hydrogen-bond acceptors (Lipinski definition) is 2. The molecular weight excluding hydrogens is 272 g/mol. The number of halogens is 3. The lowest BCUT2D eigenvalue weighted by atomic mass is 10.2. The molecular formula is C14H12ClF2NO. The van der Waals surface area contributed by atoms with Gasteiger partial charge in [-0.3, -0.25) is 0 Å². The first-order chi connectivity index (χ1) is 9.10. The van der Waals surface area contributed by atoms with E-state index in [1.54, 1.807) is 0 Å². The maximum Gasteiger partial charge on any atom is 0.146 e. The van der Waals surface area contributed by atoms with Crippen molar-refractivity contribution in [1.29, 1.82) is 0 Å². The summed E-state index contributed by atoms with van der Waals surface area (Å²) < 4.78 is 31.7. The highest BCUT2D eigenvalue weighted by molar-refractivity contribution is 6.31. The first-order valence-electron chi connectivity index (χ1n) is 5.61. The van der Waals surface area contributed by atoms with Crippen molar-refractivity contribution in [2.45, 2.75) is 6.54 Å². The Balaban J connectivity index is 2.16. The maximum atomic E-state index is 13.6.